The molecule has 0 spiro atoms. The zero-order chi connectivity index (χ0) is 13.5. The molecule has 2 rings (SSSR count). The van der Waals surface area contributed by atoms with Crippen molar-refractivity contribution in [1.29, 1.82) is 0 Å². The molecular formula is C16H25ClN2O. The van der Waals surface area contributed by atoms with Crippen LogP contribution in [-0.2, 0) is 4.79 Å². The number of carbonyl (C=O) groups excluding carboxylic acids is 1. The standard InChI is InChI=1S/C16H24N2O.ClH/c17-15(14-9-5-2-6-10-14)11-16(19)18-12-13-7-3-1-4-8-13;/h2,5-6,9-10,13,15H,1,3-4,7-8,11-12,17H2,(H,18,19);1H. The number of hydrogen-bond donors (Lipinski definition) is 2. The predicted octanol–water partition coefficient (Wildman–Crippen LogP) is 3.19. The summed E-state index contributed by atoms with van der Waals surface area (Å²) in [4.78, 5) is 11.9. The smallest absolute Gasteiger partial charge is 0.221 e. The van der Waals surface area contributed by atoms with Crippen molar-refractivity contribution in [1.82, 2.24) is 5.32 Å². The Bertz CT molecular complexity index is 391. The molecule has 1 fully saturated rings. The van der Waals surface area contributed by atoms with Gasteiger partial charge in [-0.05, 0) is 24.3 Å². The van der Waals surface area contributed by atoms with E-state index in [4.69, 9.17) is 5.73 Å². The van der Waals surface area contributed by atoms with E-state index in [1.54, 1.807) is 0 Å². The van der Waals surface area contributed by atoms with Gasteiger partial charge in [0.2, 0.25) is 5.91 Å². The summed E-state index contributed by atoms with van der Waals surface area (Å²) >= 11 is 0. The fourth-order valence-corrected chi connectivity index (χ4v) is 2.74. The molecule has 0 heterocycles. The van der Waals surface area contributed by atoms with Gasteiger partial charge in [0.25, 0.3) is 0 Å². The van der Waals surface area contributed by atoms with Gasteiger partial charge in [0.15, 0.2) is 0 Å². The number of carbonyl (C=O) groups is 1. The van der Waals surface area contributed by atoms with Crippen LogP contribution in [0, 0.1) is 5.92 Å². The average Bonchev–Trinajstić information content (AvgIpc) is 2.47. The number of amides is 1. The second kappa shape index (κ2) is 8.98. The molecule has 20 heavy (non-hydrogen) atoms. The molecule has 1 saturated carbocycles. The van der Waals surface area contributed by atoms with E-state index in [1.807, 2.05) is 30.3 Å². The minimum Gasteiger partial charge on any atom is -0.356 e. The molecule has 4 heteroatoms. The Hall–Kier alpha value is -1.06. The Morgan fingerprint density at radius 2 is 1.85 bits per heavy atom. The first-order valence-electron chi connectivity index (χ1n) is 7.33. The van der Waals surface area contributed by atoms with Crippen LogP contribution in [0.15, 0.2) is 30.3 Å². The Balaban J connectivity index is 0.00000200. The van der Waals surface area contributed by atoms with Gasteiger partial charge in [-0.3, -0.25) is 4.79 Å². The first kappa shape index (κ1) is 17.0. The molecule has 1 aliphatic rings. The van der Waals surface area contributed by atoms with Crippen LogP contribution >= 0.6 is 12.4 Å². The molecule has 0 saturated heterocycles. The van der Waals surface area contributed by atoms with Crippen molar-refractivity contribution in [3.63, 3.8) is 0 Å². The number of nitrogens with two attached hydrogens (primary N) is 1. The van der Waals surface area contributed by atoms with Gasteiger partial charge in [-0.2, -0.15) is 0 Å². The first-order valence-corrected chi connectivity index (χ1v) is 7.33. The van der Waals surface area contributed by atoms with Crippen molar-refractivity contribution >= 4 is 18.3 Å². The van der Waals surface area contributed by atoms with Crippen molar-refractivity contribution < 1.29 is 4.79 Å². The number of rotatable bonds is 5. The minimum atomic E-state index is -0.201. The normalized spacial score (nSPS) is 17.1. The molecule has 1 unspecified atom stereocenters. The Labute approximate surface area is 127 Å². The van der Waals surface area contributed by atoms with E-state index in [0.29, 0.717) is 12.3 Å². The minimum absolute atomic E-state index is 0. The fraction of sp³-hybridized carbons (Fsp3) is 0.562. The highest BCUT2D eigenvalue weighted by molar-refractivity contribution is 5.85. The van der Waals surface area contributed by atoms with Crippen LogP contribution in [0.2, 0.25) is 0 Å². The van der Waals surface area contributed by atoms with E-state index in [-0.39, 0.29) is 24.4 Å². The fourth-order valence-electron chi connectivity index (χ4n) is 2.74. The van der Waals surface area contributed by atoms with E-state index >= 15 is 0 Å². The highest BCUT2D eigenvalue weighted by Gasteiger charge is 2.16. The zero-order valence-corrected chi connectivity index (χ0v) is 12.7. The lowest BCUT2D eigenvalue weighted by atomic mass is 9.89. The van der Waals surface area contributed by atoms with Gasteiger partial charge < -0.3 is 11.1 Å². The lowest BCUT2D eigenvalue weighted by Crippen LogP contribution is -2.32. The van der Waals surface area contributed by atoms with Crippen LogP contribution in [0.1, 0.15) is 50.1 Å². The Morgan fingerprint density at radius 3 is 2.50 bits per heavy atom. The molecule has 3 nitrogen and oxygen atoms in total. The van der Waals surface area contributed by atoms with Crippen LogP contribution in [-0.4, -0.2) is 12.5 Å². The summed E-state index contributed by atoms with van der Waals surface area (Å²) in [5, 5.41) is 3.03. The topological polar surface area (TPSA) is 55.1 Å². The molecule has 112 valence electrons. The molecule has 0 bridgehead atoms. The number of halogens is 1. The van der Waals surface area contributed by atoms with Crippen LogP contribution in [0.3, 0.4) is 0 Å². The third-order valence-electron chi connectivity index (χ3n) is 3.95. The molecule has 1 amide bonds. The van der Waals surface area contributed by atoms with Gasteiger partial charge in [0.1, 0.15) is 0 Å². The van der Waals surface area contributed by atoms with Gasteiger partial charge >= 0.3 is 0 Å². The number of nitrogens with one attached hydrogen (secondary N) is 1. The van der Waals surface area contributed by atoms with E-state index in [1.165, 1.54) is 32.1 Å². The number of benzene rings is 1. The molecule has 1 aromatic carbocycles. The Morgan fingerprint density at radius 1 is 1.20 bits per heavy atom. The van der Waals surface area contributed by atoms with Gasteiger partial charge in [-0.1, -0.05) is 49.6 Å². The summed E-state index contributed by atoms with van der Waals surface area (Å²) in [5.41, 5.74) is 7.07. The molecule has 0 aliphatic heterocycles. The van der Waals surface area contributed by atoms with Crippen LogP contribution in [0.4, 0.5) is 0 Å². The highest BCUT2D eigenvalue weighted by Crippen LogP contribution is 2.22. The summed E-state index contributed by atoms with van der Waals surface area (Å²) < 4.78 is 0. The summed E-state index contributed by atoms with van der Waals surface area (Å²) in [7, 11) is 0. The maximum Gasteiger partial charge on any atom is 0.221 e. The van der Waals surface area contributed by atoms with Crippen molar-refractivity contribution in [3.05, 3.63) is 35.9 Å². The van der Waals surface area contributed by atoms with Gasteiger partial charge in [0, 0.05) is 19.0 Å². The van der Waals surface area contributed by atoms with Crippen LogP contribution in [0.5, 0.6) is 0 Å². The zero-order valence-electron chi connectivity index (χ0n) is 11.9. The summed E-state index contributed by atoms with van der Waals surface area (Å²) in [6.07, 6.45) is 6.85. The largest absolute Gasteiger partial charge is 0.356 e. The van der Waals surface area contributed by atoms with E-state index in [0.717, 1.165) is 12.1 Å². The summed E-state index contributed by atoms with van der Waals surface area (Å²) in [6.45, 7) is 0.820. The second-order valence-electron chi connectivity index (χ2n) is 5.53. The SMILES string of the molecule is Cl.NC(CC(=O)NCC1CCCCC1)c1ccccc1. The summed E-state index contributed by atoms with van der Waals surface area (Å²) in [5.74, 6) is 0.743. The molecular weight excluding hydrogens is 272 g/mol. The van der Waals surface area contributed by atoms with Crippen molar-refractivity contribution in [2.75, 3.05) is 6.54 Å². The molecule has 1 aliphatic carbocycles. The first-order chi connectivity index (χ1) is 9.25. The quantitative estimate of drug-likeness (QED) is 0.877. The molecule has 0 aromatic heterocycles. The summed E-state index contributed by atoms with van der Waals surface area (Å²) in [6, 6.07) is 9.61. The third-order valence-corrected chi connectivity index (χ3v) is 3.95. The van der Waals surface area contributed by atoms with E-state index < -0.39 is 0 Å². The maximum atomic E-state index is 11.9. The third kappa shape index (κ3) is 5.51. The monoisotopic (exact) mass is 296 g/mol. The number of hydrogen-bond acceptors (Lipinski definition) is 2. The van der Waals surface area contributed by atoms with E-state index in [9.17, 15) is 4.79 Å². The molecule has 1 aromatic rings. The highest BCUT2D eigenvalue weighted by atomic mass is 35.5. The van der Waals surface area contributed by atoms with E-state index in [2.05, 4.69) is 5.32 Å². The van der Waals surface area contributed by atoms with Gasteiger partial charge in [0.05, 0.1) is 0 Å². The lowest BCUT2D eigenvalue weighted by molar-refractivity contribution is -0.121. The Kier molecular flexibility index (Phi) is 7.63. The lowest BCUT2D eigenvalue weighted by Gasteiger charge is -2.22. The van der Waals surface area contributed by atoms with Gasteiger partial charge in [-0.25, -0.2) is 0 Å². The molecule has 3 N–H and O–H groups in total. The maximum absolute atomic E-state index is 11.9. The van der Waals surface area contributed by atoms with Crippen molar-refractivity contribution in [2.24, 2.45) is 11.7 Å². The van der Waals surface area contributed by atoms with Crippen molar-refractivity contribution in [3.8, 4) is 0 Å². The second-order valence-corrected chi connectivity index (χ2v) is 5.53. The molecule has 0 radical (unpaired) electrons. The van der Waals surface area contributed by atoms with Crippen LogP contribution in [0.25, 0.3) is 0 Å². The predicted molar refractivity (Wildman–Crippen MR) is 84.8 cm³/mol. The van der Waals surface area contributed by atoms with Crippen LogP contribution < -0.4 is 11.1 Å². The average molecular weight is 297 g/mol. The van der Waals surface area contributed by atoms with Gasteiger partial charge in [-0.15, -0.1) is 12.4 Å². The van der Waals surface area contributed by atoms with Crippen molar-refractivity contribution in [2.45, 2.75) is 44.6 Å². The molecule has 1 atom stereocenters.